The third kappa shape index (κ3) is 2.12. The first kappa shape index (κ1) is 12.9. The molecule has 4 heteroatoms. The minimum atomic E-state index is 0.0176. The summed E-state index contributed by atoms with van der Waals surface area (Å²) >= 11 is 1.55. The molecule has 0 radical (unpaired) electrons. The van der Waals surface area contributed by atoms with Crippen LogP contribution in [0.3, 0.4) is 0 Å². The van der Waals surface area contributed by atoms with Gasteiger partial charge in [-0.2, -0.15) is 0 Å². The second kappa shape index (κ2) is 5.13. The topological polar surface area (TPSA) is 34.9 Å². The number of thioether (sulfide) groups is 1. The SMILES string of the molecule is CSc1cc(=O)c2ccc(C)nc2n1-c1ccccc1. The average molecular weight is 282 g/mol. The van der Waals surface area contributed by atoms with E-state index in [4.69, 9.17) is 0 Å². The number of hydrogen-bond donors (Lipinski definition) is 0. The first-order valence-corrected chi connectivity index (χ1v) is 7.56. The summed E-state index contributed by atoms with van der Waals surface area (Å²) in [6, 6.07) is 15.4. The fourth-order valence-electron chi connectivity index (χ4n) is 2.24. The highest BCUT2D eigenvalue weighted by atomic mass is 32.2. The van der Waals surface area contributed by atoms with Crippen LogP contribution in [0.25, 0.3) is 16.7 Å². The molecular formula is C16H14N2OS. The maximum Gasteiger partial charge on any atom is 0.192 e. The Labute approximate surface area is 121 Å². The number of pyridine rings is 2. The van der Waals surface area contributed by atoms with Crippen molar-refractivity contribution in [3.05, 3.63) is 64.4 Å². The van der Waals surface area contributed by atoms with Crippen molar-refractivity contribution >= 4 is 22.8 Å². The van der Waals surface area contributed by atoms with Crippen molar-refractivity contribution in [2.75, 3.05) is 6.26 Å². The largest absolute Gasteiger partial charge is 0.289 e. The third-order valence-corrected chi connectivity index (χ3v) is 3.91. The highest BCUT2D eigenvalue weighted by molar-refractivity contribution is 7.98. The third-order valence-electron chi connectivity index (χ3n) is 3.19. The van der Waals surface area contributed by atoms with Gasteiger partial charge < -0.3 is 0 Å². The molecule has 0 aliphatic rings. The maximum absolute atomic E-state index is 12.2. The number of fused-ring (bicyclic) bond motifs is 1. The maximum atomic E-state index is 12.2. The van der Waals surface area contributed by atoms with Crippen molar-refractivity contribution in [3.63, 3.8) is 0 Å². The predicted octanol–water partition coefficient (Wildman–Crippen LogP) is 3.42. The molecule has 2 aromatic heterocycles. The van der Waals surface area contributed by atoms with Crippen LogP contribution in [0.4, 0.5) is 0 Å². The Bertz CT molecular complexity index is 825. The number of para-hydroxylation sites is 1. The highest BCUT2D eigenvalue weighted by Crippen LogP contribution is 2.23. The van der Waals surface area contributed by atoms with E-state index in [1.807, 2.05) is 60.2 Å². The fourth-order valence-corrected chi connectivity index (χ4v) is 2.84. The summed E-state index contributed by atoms with van der Waals surface area (Å²) in [5.74, 6) is 0. The van der Waals surface area contributed by atoms with E-state index in [0.29, 0.717) is 11.0 Å². The second-order valence-electron chi connectivity index (χ2n) is 4.55. The molecule has 0 bridgehead atoms. The van der Waals surface area contributed by atoms with E-state index in [1.165, 1.54) is 0 Å². The average Bonchev–Trinajstić information content (AvgIpc) is 2.47. The van der Waals surface area contributed by atoms with E-state index < -0.39 is 0 Å². The molecule has 0 unspecified atom stereocenters. The summed E-state index contributed by atoms with van der Waals surface area (Å²) in [6.07, 6.45) is 1.97. The number of aryl methyl sites for hydroxylation is 1. The number of benzene rings is 1. The van der Waals surface area contributed by atoms with Gasteiger partial charge >= 0.3 is 0 Å². The Morgan fingerprint density at radius 2 is 1.85 bits per heavy atom. The summed E-state index contributed by atoms with van der Waals surface area (Å²) in [4.78, 5) is 16.8. The van der Waals surface area contributed by atoms with Gasteiger partial charge in [0.05, 0.1) is 10.4 Å². The van der Waals surface area contributed by atoms with Gasteiger partial charge in [0, 0.05) is 17.4 Å². The lowest BCUT2D eigenvalue weighted by molar-refractivity contribution is 0.935. The molecule has 0 amide bonds. The van der Waals surface area contributed by atoms with Crippen molar-refractivity contribution in [2.45, 2.75) is 11.9 Å². The monoisotopic (exact) mass is 282 g/mol. The van der Waals surface area contributed by atoms with Gasteiger partial charge in [0.1, 0.15) is 5.65 Å². The molecule has 0 atom stereocenters. The summed E-state index contributed by atoms with van der Waals surface area (Å²) in [5.41, 5.74) is 2.65. The fraction of sp³-hybridized carbons (Fsp3) is 0.125. The van der Waals surface area contributed by atoms with Crippen LogP contribution in [0, 0.1) is 6.92 Å². The van der Waals surface area contributed by atoms with Crippen LogP contribution in [-0.4, -0.2) is 15.8 Å². The molecule has 100 valence electrons. The molecule has 20 heavy (non-hydrogen) atoms. The highest BCUT2D eigenvalue weighted by Gasteiger charge is 2.11. The molecule has 0 spiro atoms. The zero-order valence-electron chi connectivity index (χ0n) is 11.3. The molecule has 0 fully saturated rings. The zero-order chi connectivity index (χ0) is 14.1. The van der Waals surface area contributed by atoms with E-state index >= 15 is 0 Å². The van der Waals surface area contributed by atoms with E-state index in [0.717, 1.165) is 16.4 Å². The molecule has 3 rings (SSSR count). The zero-order valence-corrected chi connectivity index (χ0v) is 12.1. The van der Waals surface area contributed by atoms with E-state index in [2.05, 4.69) is 4.98 Å². The van der Waals surface area contributed by atoms with Crippen LogP contribution in [0.15, 0.2) is 58.4 Å². The smallest absolute Gasteiger partial charge is 0.192 e. The summed E-state index contributed by atoms with van der Waals surface area (Å²) in [7, 11) is 0. The Kier molecular flexibility index (Phi) is 3.32. The Morgan fingerprint density at radius 1 is 1.10 bits per heavy atom. The predicted molar refractivity (Wildman–Crippen MR) is 83.9 cm³/mol. The minimum Gasteiger partial charge on any atom is -0.289 e. The normalized spacial score (nSPS) is 10.9. The second-order valence-corrected chi connectivity index (χ2v) is 5.37. The lowest BCUT2D eigenvalue weighted by Gasteiger charge is -2.15. The quantitative estimate of drug-likeness (QED) is 0.676. The molecule has 0 aliphatic carbocycles. The number of rotatable bonds is 2. The molecule has 1 aromatic carbocycles. The van der Waals surface area contributed by atoms with Gasteiger partial charge in [-0.25, -0.2) is 4.98 Å². The molecule has 0 saturated carbocycles. The van der Waals surface area contributed by atoms with Gasteiger partial charge in [-0.1, -0.05) is 18.2 Å². The molecule has 0 aliphatic heterocycles. The van der Waals surface area contributed by atoms with Gasteiger partial charge in [-0.3, -0.25) is 9.36 Å². The Hall–Kier alpha value is -2.07. The van der Waals surface area contributed by atoms with Crippen molar-refractivity contribution < 1.29 is 0 Å². The van der Waals surface area contributed by atoms with Crippen molar-refractivity contribution in [3.8, 4) is 5.69 Å². The summed E-state index contributed by atoms with van der Waals surface area (Å²) in [5, 5.41) is 1.55. The Balaban J connectivity index is 2.48. The van der Waals surface area contributed by atoms with E-state index in [1.54, 1.807) is 17.8 Å². The molecule has 3 nitrogen and oxygen atoms in total. The van der Waals surface area contributed by atoms with Gasteiger partial charge in [0.25, 0.3) is 0 Å². The van der Waals surface area contributed by atoms with Crippen LogP contribution in [0.1, 0.15) is 5.69 Å². The minimum absolute atomic E-state index is 0.0176. The van der Waals surface area contributed by atoms with Crippen molar-refractivity contribution in [1.82, 2.24) is 9.55 Å². The van der Waals surface area contributed by atoms with E-state index in [9.17, 15) is 4.79 Å². The first-order chi connectivity index (χ1) is 9.70. The van der Waals surface area contributed by atoms with Crippen LogP contribution < -0.4 is 5.43 Å². The van der Waals surface area contributed by atoms with Crippen molar-refractivity contribution in [2.24, 2.45) is 0 Å². The Morgan fingerprint density at radius 3 is 2.55 bits per heavy atom. The van der Waals surface area contributed by atoms with Crippen LogP contribution >= 0.6 is 11.8 Å². The summed E-state index contributed by atoms with van der Waals surface area (Å²) < 4.78 is 2.04. The number of nitrogens with zero attached hydrogens (tertiary/aromatic N) is 2. The lowest BCUT2D eigenvalue weighted by Crippen LogP contribution is -2.11. The van der Waals surface area contributed by atoms with Gasteiger partial charge in [-0.05, 0) is 37.4 Å². The lowest BCUT2D eigenvalue weighted by atomic mass is 10.2. The number of aromatic nitrogens is 2. The molecule has 0 saturated heterocycles. The van der Waals surface area contributed by atoms with E-state index in [-0.39, 0.29) is 5.43 Å². The molecule has 3 aromatic rings. The van der Waals surface area contributed by atoms with Gasteiger partial charge in [0.2, 0.25) is 0 Å². The van der Waals surface area contributed by atoms with Crippen LogP contribution in [-0.2, 0) is 0 Å². The molecular weight excluding hydrogens is 268 g/mol. The van der Waals surface area contributed by atoms with Crippen LogP contribution in [0.5, 0.6) is 0 Å². The number of hydrogen-bond acceptors (Lipinski definition) is 3. The molecule has 2 heterocycles. The van der Waals surface area contributed by atoms with Crippen molar-refractivity contribution in [1.29, 1.82) is 0 Å². The first-order valence-electron chi connectivity index (χ1n) is 6.33. The summed E-state index contributed by atoms with van der Waals surface area (Å²) in [6.45, 7) is 1.94. The van der Waals surface area contributed by atoms with Gasteiger partial charge in [0.15, 0.2) is 5.43 Å². The molecule has 0 N–H and O–H groups in total. The van der Waals surface area contributed by atoms with Crippen LogP contribution in [0.2, 0.25) is 0 Å². The standard InChI is InChI=1S/C16H14N2OS/c1-11-8-9-13-14(19)10-15(20-2)18(16(13)17-11)12-6-4-3-5-7-12/h3-10H,1-2H3. The van der Waals surface area contributed by atoms with Gasteiger partial charge in [-0.15, -0.1) is 11.8 Å².